The Labute approximate surface area is 168 Å². The molecule has 2 amide bonds. The average Bonchev–Trinajstić information content (AvgIpc) is 2.71. The summed E-state index contributed by atoms with van der Waals surface area (Å²) < 4.78 is 18.3. The molecule has 0 spiro atoms. The van der Waals surface area contributed by atoms with Crippen LogP contribution in [0.1, 0.15) is 6.92 Å². The van der Waals surface area contributed by atoms with Gasteiger partial charge in [-0.1, -0.05) is 18.2 Å². The van der Waals surface area contributed by atoms with Crippen LogP contribution in [0, 0.1) is 5.82 Å². The van der Waals surface area contributed by atoms with Crippen molar-refractivity contribution in [2.24, 2.45) is 0 Å². The van der Waals surface area contributed by atoms with Crippen molar-refractivity contribution in [1.29, 1.82) is 0 Å². The molecule has 29 heavy (non-hydrogen) atoms. The molecule has 0 saturated carbocycles. The third-order valence-electron chi connectivity index (χ3n) is 3.98. The van der Waals surface area contributed by atoms with Gasteiger partial charge in [-0.3, -0.25) is 0 Å². The predicted molar refractivity (Wildman–Crippen MR) is 111 cm³/mol. The van der Waals surface area contributed by atoms with Crippen molar-refractivity contribution in [2.45, 2.75) is 13.0 Å². The molecule has 0 saturated heterocycles. The van der Waals surface area contributed by atoms with Gasteiger partial charge in [0.05, 0.1) is 12.3 Å². The number of hydrogen-bond donors (Lipinski definition) is 2. The Morgan fingerprint density at radius 2 is 1.86 bits per heavy atom. The zero-order chi connectivity index (χ0) is 20.6. The lowest BCUT2D eigenvalue weighted by Gasteiger charge is -2.23. The lowest BCUT2D eigenvalue weighted by Crippen LogP contribution is -2.32. The van der Waals surface area contributed by atoms with Crippen LogP contribution in [0.15, 0.2) is 66.9 Å². The maximum absolute atomic E-state index is 13.2. The van der Waals surface area contributed by atoms with E-state index in [-0.39, 0.29) is 11.9 Å². The highest BCUT2D eigenvalue weighted by Crippen LogP contribution is 2.25. The van der Waals surface area contributed by atoms with Crippen molar-refractivity contribution in [3.05, 3.63) is 72.7 Å². The monoisotopic (exact) mass is 395 g/mol. The van der Waals surface area contributed by atoms with Gasteiger partial charge in [-0.15, -0.1) is 0 Å². The fraction of sp³-hybridized carbons (Fsp3) is 0.190. The molecule has 0 aliphatic heterocycles. The minimum Gasteiger partial charge on any atom is -0.383 e. The van der Waals surface area contributed by atoms with Gasteiger partial charge in [0.2, 0.25) is 5.95 Å². The number of halogens is 1. The molecule has 3 aromatic rings. The van der Waals surface area contributed by atoms with Gasteiger partial charge in [0.1, 0.15) is 11.6 Å². The van der Waals surface area contributed by atoms with E-state index in [0.717, 1.165) is 0 Å². The molecule has 8 heteroatoms. The first-order valence-corrected chi connectivity index (χ1v) is 9.07. The highest BCUT2D eigenvalue weighted by Gasteiger charge is 2.20. The molecule has 1 heterocycles. The largest absolute Gasteiger partial charge is 0.383 e. The second kappa shape index (κ2) is 9.61. The SMILES string of the molecule is COC[C@H](C)Nc1nccc(N(C(=O)Nc2ccc(F)cc2)c2ccccc2)n1. The molecule has 3 rings (SSSR count). The van der Waals surface area contributed by atoms with Crippen LogP contribution in [-0.4, -0.2) is 35.8 Å². The zero-order valence-corrected chi connectivity index (χ0v) is 16.2. The number of aromatic nitrogens is 2. The van der Waals surface area contributed by atoms with Crippen molar-refractivity contribution >= 4 is 29.2 Å². The number of carbonyl (C=O) groups excluding carboxylic acids is 1. The minimum atomic E-state index is -0.433. The summed E-state index contributed by atoms with van der Waals surface area (Å²) in [6.45, 7) is 2.43. The van der Waals surface area contributed by atoms with Gasteiger partial charge in [-0.05, 0) is 43.3 Å². The van der Waals surface area contributed by atoms with Crippen LogP contribution in [0.4, 0.5) is 32.3 Å². The van der Waals surface area contributed by atoms with E-state index >= 15 is 0 Å². The molecule has 0 unspecified atom stereocenters. The van der Waals surface area contributed by atoms with E-state index in [4.69, 9.17) is 4.74 Å². The quantitative estimate of drug-likeness (QED) is 0.619. The van der Waals surface area contributed by atoms with Gasteiger partial charge in [0.25, 0.3) is 0 Å². The number of carbonyl (C=O) groups is 1. The molecule has 0 aliphatic carbocycles. The number of amides is 2. The number of rotatable bonds is 7. The van der Waals surface area contributed by atoms with E-state index in [9.17, 15) is 9.18 Å². The van der Waals surface area contributed by atoms with Gasteiger partial charge < -0.3 is 15.4 Å². The Bertz CT molecular complexity index is 937. The summed E-state index contributed by atoms with van der Waals surface area (Å²) in [4.78, 5) is 23.2. The van der Waals surface area contributed by atoms with Crippen molar-refractivity contribution in [3.8, 4) is 0 Å². The molecule has 150 valence electrons. The summed E-state index contributed by atoms with van der Waals surface area (Å²) in [5.74, 6) is 0.389. The second-order valence-corrected chi connectivity index (χ2v) is 6.35. The highest BCUT2D eigenvalue weighted by molar-refractivity contribution is 6.06. The van der Waals surface area contributed by atoms with Gasteiger partial charge in [0.15, 0.2) is 0 Å². The molecule has 2 N–H and O–H groups in total. The van der Waals surface area contributed by atoms with Crippen molar-refractivity contribution < 1.29 is 13.9 Å². The number of hydrogen-bond acceptors (Lipinski definition) is 5. The molecular formula is C21H22FN5O2. The van der Waals surface area contributed by atoms with Gasteiger partial charge in [-0.25, -0.2) is 19.1 Å². The third-order valence-corrected chi connectivity index (χ3v) is 3.98. The number of nitrogens with one attached hydrogen (secondary N) is 2. The number of para-hydroxylation sites is 1. The topological polar surface area (TPSA) is 79.4 Å². The number of ether oxygens (including phenoxy) is 1. The summed E-state index contributed by atoms with van der Waals surface area (Å²) in [5.41, 5.74) is 1.10. The summed E-state index contributed by atoms with van der Waals surface area (Å²) in [7, 11) is 1.62. The molecule has 1 aromatic heterocycles. The highest BCUT2D eigenvalue weighted by atomic mass is 19.1. The van der Waals surface area contributed by atoms with Gasteiger partial charge in [0, 0.05) is 31.1 Å². The number of urea groups is 1. The first-order chi connectivity index (χ1) is 14.1. The Kier molecular flexibility index (Phi) is 6.70. The molecule has 0 aliphatic rings. The number of benzene rings is 2. The Hall–Kier alpha value is -3.52. The van der Waals surface area contributed by atoms with E-state index in [0.29, 0.717) is 29.7 Å². The maximum Gasteiger partial charge on any atom is 0.332 e. The third kappa shape index (κ3) is 5.49. The van der Waals surface area contributed by atoms with Crippen LogP contribution in [0.5, 0.6) is 0 Å². The van der Waals surface area contributed by atoms with Crippen LogP contribution in [-0.2, 0) is 4.74 Å². The molecular weight excluding hydrogens is 373 g/mol. The number of methoxy groups -OCH3 is 1. The van der Waals surface area contributed by atoms with Gasteiger partial charge in [-0.2, -0.15) is 4.98 Å². The van der Waals surface area contributed by atoms with Crippen molar-refractivity contribution in [1.82, 2.24) is 9.97 Å². The smallest absolute Gasteiger partial charge is 0.332 e. The van der Waals surface area contributed by atoms with Crippen LogP contribution in [0.3, 0.4) is 0 Å². The molecule has 0 radical (unpaired) electrons. The summed E-state index contributed by atoms with van der Waals surface area (Å²) in [5, 5.41) is 5.90. The standard InChI is InChI=1S/C21H22FN5O2/c1-15(14-29-2)24-20-23-13-12-19(26-20)27(18-6-4-3-5-7-18)21(28)25-17-10-8-16(22)9-11-17/h3-13,15H,14H2,1-2H3,(H,25,28)(H,23,24,26)/t15-/m0/s1. The normalized spacial score (nSPS) is 11.6. The Morgan fingerprint density at radius 1 is 1.14 bits per heavy atom. The first kappa shape index (κ1) is 20.2. The molecule has 7 nitrogen and oxygen atoms in total. The fourth-order valence-electron chi connectivity index (χ4n) is 2.70. The van der Waals surface area contributed by atoms with E-state index in [2.05, 4.69) is 20.6 Å². The van der Waals surface area contributed by atoms with Crippen molar-refractivity contribution in [3.63, 3.8) is 0 Å². The van der Waals surface area contributed by atoms with Crippen LogP contribution in [0.2, 0.25) is 0 Å². The van der Waals surface area contributed by atoms with Crippen molar-refractivity contribution in [2.75, 3.05) is 29.3 Å². The fourth-order valence-corrected chi connectivity index (χ4v) is 2.70. The van der Waals surface area contributed by atoms with Gasteiger partial charge >= 0.3 is 6.03 Å². The summed E-state index contributed by atoms with van der Waals surface area (Å²) in [6.07, 6.45) is 1.57. The Morgan fingerprint density at radius 3 is 2.55 bits per heavy atom. The molecule has 0 bridgehead atoms. The van der Waals surface area contributed by atoms with E-state index in [1.807, 2.05) is 25.1 Å². The van der Waals surface area contributed by atoms with E-state index in [1.54, 1.807) is 31.5 Å². The lowest BCUT2D eigenvalue weighted by molar-refractivity contribution is 0.190. The lowest BCUT2D eigenvalue weighted by atomic mass is 10.3. The van der Waals surface area contributed by atoms with Crippen LogP contribution < -0.4 is 15.5 Å². The first-order valence-electron chi connectivity index (χ1n) is 9.07. The molecule has 2 aromatic carbocycles. The molecule has 1 atom stereocenters. The predicted octanol–water partition coefficient (Wildman–Crippen LogP) is 4.43. The zero-order valence-electron chi connectivity index (χ0n) is 16.2. The summed E-state index contributed by atoms with van der Waals surface area (Å²) in [6, 6.07) is 15.9. The minimum absolute atomic E-state index is 0.00605. The second-order valence-electron chi connectivity index (χ2n) is 6.35. The number of anilines is 4. The molecule has 0 fully saturated rings. The van der Waals surface area contributed by atoms with Crippen LogP contribution >= 0.6 is 0 Å². The van der Waals surface area contributed by atoms with E-state index in [1.165, 1.54) is 29.2 Å². The average molecular weight is 395 g/mol. The Balaban J connectivity index is 1.90. The maximum atomic E-state index is 13.2. The summed E-state index contributed by atoms with van der Waals surface area (Å²) >= 11 is 0. The number of nitrogens with zero attached hydrogens (tertiary/aromatic N) is 3. The van der Waals surface area contributed by atoms with E-state index < -0.39 is 6.03 Å². The van der Waals surface area contributed by atoms with Crippen LogP contribution in [0.25, 0.3) is 0 Å².